The van der Waals surface area contributed by atoms with Gasteiger partial charge in [-0.05, 0) is 36.8 Å². The molecule has 6 nitrogen and oxygen atoms in total. The molecule has 0 N–H and O–H groups in total. The van der Waals surface area contributed by atoms with Crippen LogP contribution in [0.2, 0.25) is 0 Å². The molecule has 0 unspecified atom stereocenters. The highest BCUT2D eigenvalue weighted by Gasteiger charge is 2.34. The van der Waals surface area contributed by atoms with Gasteiger partial charge in [0.2, 0.25) is 0 Å². The smallest absolute Gasteiger partial charge is 0.336 e. The lowest BCUT2D eigenvalue weighted by atomic mass is 10.1. The Morgan fingerprint density at radius 2 is 1.58 bits per heavy atom. The molecule has 2 amide bonds. The molecule has 6 heteroatoms. The van der Waals surface area contributed by atoms with Crippen LogP contribution in [0.15, 0.2) is 63.8 Å². The van der Waals surface area contributed by atoms with E-state index in [4.69, 9.17) is 9.15 Å². The van der Waals surface area contributed by atoms with E-state index in [0.717, 1.165) is 5.39 Å². The highest BCUT2D eigenvalue weighted by molar-refractivity contribution is 6.21. The summed E-state index contributed by atoms with van der Waals surface area (Å²) in [6, 6.07) is 15.1. The number of carbonyl (C=O) groups is 2. The SMILES string of the molecule is O=C1c2ccccc2C(=O)N1CCCOc1ccc2ccc(=O)oc2c1. The fourth-order valence-electron chi connectivity index (χ4n) is 2.99. The normalized spacial score (nSPS) is 13.3. The van der Waals surface area contributed by atoms with Crippen molar-refractivity contribution in [2.45, 2.75) is 6.42 Å². The predicted molar refractivity (Wildman–Crippen MR) is 94.4 cm³/mol. The Balaban J connectivity index is 1.37. The molecule has 1 aromatic heterocycles. The number of nitrogens with zero attached hydrogens (tertiary/aromatic N) is 1. The highest BCUT2D eigenvalue weighted by atomic mass is 16.5. The Morgan fingerprint density at radius 1 is 0.885 bits per heavy atom. The van der Waals surface area contributed by atoms with Crippen molar-refractivity contribution in [3.8, 4) is 5.75 Å². The molecule has 0 saturated heterocycles. The maximum absolute atomic E-state index is 12.3. The van der Waals surface area contributed by atoms with E-state index in [0.29, 0.717) is 35.5 Å². The number of ether oxygens (including phenoxy) is 1. The van der Waals surface area contributed by atoms with Crippen molar-refractivity contribution in [3.05, 3.63) is 76.1 Å². The van der Waals surface area contributed by atoms with E-state index >= 15 is 0 Å². The number of fused-ring (bicyclic) bond motifs is 2. The lowest BCUT2D eigenvalue weighted by Gasteiger charge is -2.14. The van der Waals surface area contributed by atoms with E-state index in [9.17, 15) is 14.4 Å². The van der Waals surface area contributed by atoms with Crippen LogP contribution in [0.25, 0.3) is 11.0 Å². The van der Waals surface area contributed by atoms with Gasteiger partial charge in [-0.25, -0.2) is 4.79 Å². The number of benzene rings is 2. The largest absolute Gasteiger partial charge is 0.493 e. The second-order valence-electron chi connectivity index (χ2n) is 5.96. The molecule has 1 aliphatic rings. The van der Waals surface area contributed by atoms with Gasteiger partial charge < -0.3 is 9.15 Å². The van der Waals surface area contributed by atoms with Crippen LogP contribution < -0.4 is 10.4 Å². The summed E-state index contributed by atoms with van der Waals surface area (Å²) in [5.74, 6) is 0.0328. The Bertz CT molecular complexity index is 1030. The molecule has 0 spiro atoms. The number of carbonyl (C=O) groups excluding carboxylic acids is 2. The quantitative estimate of drug-likeness (QED) is 0.402. The number of rotatable bonds is 5. The maximum atomic E-state index is 12.3. The third kappa shape index (κ3) is 2.86. The first-order chi connectivity index (χ1) is 12.6. The molecule has 0 bridgehead atoms. The van der Waals surface area contributed by atoms with E-state index in [2.05, 4.69) is 0 Å². The fraction of sp³-hybridized carbons (Fsp3) is 0.150. The summed E-state index contributed by atoms with van der Waals surface area (Å²) in [5, 5.41) is 0.808. The third-order valence-electron chi connectivity index (χ3n) is 4.27. The molecule has 2 heterocycles. The van der Waals surface area contributed by atoms with Gasteiger partial charge in [-0.3, -0.25) is 14.5 Å². The van der Waals surface area contributed by atoms with E-state index in [-0.39, 0.29) is 18.4 Å². The summed E-state index contributed by atoms with van der Waals surface area (Å²) in [5.41, 5.74) is 0.932. The fourth-order valence-corrected chi connectivity index (χ4v) is 2.99. The van der Waals surface area contributed by atoms with Gasteiger partial charge in [0.15, 0.2) is 0 Å². The molecule has 0 aliphatic carbocycles. The molecular weight excluding hydrogens is 334 g/mol. The van der Waals surface area contributed by atoms with Crippen LogP contribution >= 0.6 is 0 Å². The van der Waals surface area contributed by atoms with E-state index in [1.807, 2.05) is 0 Å². The lowest BCUT2D eigenvalue weighted by Crippen LogP contribution is -2.31. The standard InChI is InChI=1S/C20H15NO5/c22-18-9-7-13-6-8-14(12-17(13)26-18)25-11-3-10-21-19(23)15-4-1-2-5-16(15)20(21)24/h1-2,4-9,12H,3,10-11H2. The van der Waals surface area contributed by atoms with Crippen LogP contribution in [0.1, 0.15) is 27.1 Å². The molecule has 4 rings (SSSR count). The first kappa shape index (κ1) is 16.1. The van der Waals surface area contributed by atoms with Crippen molar-refractivity contribution in [2.24, 2.45) is 0 Å². The van der Waals surface area contributed by atoms with Gasteiger partial charge in [0.25, 0.3) is 11.8 Å². The van der Waals surface area contributed by atoms with Crippen molar-refractivity contribution in [3.63, 3.8) is 0 Å². The molecule has 3 aromatic rings. The summed E-state index contributed by atoms with van der Waals surface area (Å²) in [7, 11) is 0. The Hall–Kier alpha value is -3.41. The monoisotopic (exact) mass is 349 g/mol. The van der Waals surface area contributed by atoms with Crippen LogP contribution in [0, 0.1) is 0 Å². The molecule has 0 saturated carbocycles. The van der Waals surface area contributed by atoms with Crippen molar-refractivity contribution >= 4 is 22.8 Å². The van der Waals surface area contributed by atoms with Gasteiger partial charge in [-0.15, -0.1) is 0 Å². The zero-order valence-electron chi connectivity index (χ0n) is 13.8. The first-order valence-electron chi connectivity index (χ1n) is 8.25. The third-order valence-corrected chi connectivity index (χ3v) is 4.27. The number of amides is 2. The van der Waals surface area contributed by atoms with E-state index in [1.165, 1.54) is 11.0 Å². The van der Waals surface area contributed by atoms with Crippen molar-refractivity contribution in [1.82, 2.24) is 4.90 Å². The zero-order chi connectivity index (χ0) is 18.1. The molecule has 26 heavy (non-hydrogen) atoms. The van der Waals surface area contributed by atoms with Crippen LogP contribution in [-0.2, 0) is 0 Å². The molecular formula is C20H15NO5. The van der Waals surface area contributed by atoms with Crippen molar-refractivity contribution < 1.29 is 18.7 Å². The Kier molecular flexibility index (Phi) is 4.01. The lowest BCUT2D eigenvalue weighted by molar-refractivity contribution is 0.0647. The van der Waals surface area contributed by atoms with Crippen LogP contribution in [0.3, 0.4) is 0 Å². The second kappa shape index (κ2) is 6.48. The predicted octanol–water partition coefficient (Wildman–Crippen LogP) is 2.86. The average molecular weight is 349 g/mol. The van der Waals surface area contributed by atoms with Crippen LogP contribution in [0.4, 0.5) is 0 Å². The second-order valence-corrected chi connectivity index (χ2v) is 5.96. The van der Waals surface area contributed by atoms with Gasteiger partial charge in [-0.1, -0.05) is 12.1 Å². The van der Waals surface area contributed by atoms with Crippen molar-refractivity contribution in [1.29, 1.82) is 0 Å². The summed E-state index contributed by atoms with van der Waals surface area (Å²) in [6.07, 6.45) is 0.502. The zero-order valence-corrected chi connectivity index (χ0v) is 13.8. The summed E-state index contributed by atoms with van der Waals surface area (Å²) >= 11 is 0. The highest BCUT2D eigenvalue weighted by Crippen LogP contribution is 2.23. The first-order valence-corrected chi connectivity index (χ1v) is 8.25. The molecule has 130 valence electrons. The van der Waals surface area contributed by atoms with Gasteiger partial charge in [0.05, 0.1) is 17.7 Å². The molecule has 1 aliphatic heterocycles. The van der Waals surface area contributed by atoms with Crippen LogP contribution in [0.5, 0.6) is 5.75 Å². The van der Waals surface area contributed by atoms with Gasteiger partial charge in [-0.2, -0.15) is 0 Å². The molecule has 0 radical (unpaired) electrons. The summed E-state index contributed by atoms with van der Waals surface area (Å²) < 4.78 is 10.8. The minimum absolute atomic E-state index is 0.266. The van der Waals surface area contributed by atoms with Gasteiger partial charge in [0.1, 0.15) is 11.3 Å². The number of imide groups is 1. The topological polar surface area (TPSA) is 76.8 Å². The van der Waals surface area contributed by atoms with Gasteiger partial charge >= 0.3 is 5.63 Å². The Labute approximate surface area is 148 Å². The average Bonchev–Trinajstić information content (AvgIpc) is 2.90. The summed E-state index contributed by atoms with van der Waals surface area (Å²) in [4.78, 5) is 37.1. The maximum Gasteiger partial charge on any atom is 0.336 e. The molecule has 2 aromatic carbocycles. The number of hydrogen-bond acceptors (Lipinski definition) is 5. The number of hydrogen-bond donors (Lipinski definition) is 0. The van der Waals surface area contributed by atoms with Gasteiger partial charge in [0, 0.05) is 24.1 Å². The van der Waals surface area contributed by atoms with E-state index in [1.54, 1.807) is 48.5 Å². The van der Waals surface area contributed by atoms with E-state index < -0.39 is 5.63 Å². The molecule has 0 atom stereocenters. The van der Waals surface area contributed by atoms with Crippen LogP contribution in [-0.4, -0.2) is 29.9 Å². The minimum Gasteiger partial charge on any atom is -0.493 e. The van der Waals surface area contributed by atoms with Crippen molar-refractivity contribution in [2.75, 3.05) is 13.2 Å². The minimum atomic E-state index is -0.416. The molecule has 0 fully saturated rings. The Morgan fingerprint density at radius 3 is 2.31 bits per heavy atom. The summed E-state index contributed by atoms with van der Waals surface area (Å²) in [6.45, 7) is 0.616.